The van der Waals surface area contributed by atoms with Crippen LogP contribution in [0.4, 0.5) is 0 Å². The van der Waals surface area contributed by atoms with Crippen LogP contribution in [0.15, 0.2) is 60.7 Å². The molecule has 2 aromatic carbocycles. The van der Waals surface area contributed by atoms with Crippen LogP contribution in [0.3, 0.4) is 0 Å². The largest absolute Gasteiger partial charge is 0.273 e. The van der Waals surface area contributed by atoms with Gasteiger partial charge in [0, 0.05) is 24.1 Å². The van der Waals surface area contributed by atoms with E-state index in [1.807, 2.05) is 50.2 Å². The molecule has 0 aliphatic carbocycles. The van der Waals surface area contributed by atoms with Crippen LogP contribution in [-0.2, 0) is 12.8 Å². The maximum absolute atomic E-state index is 12.6. The second-order valence-corrected chi connectivity index (χ2v) is 6.10. The van der Waals surface area contributed by atoms with Gasteiger partial charge in [0.2, 0.25) is 5.91 Å². The van der Waals surface area contributed by atoms with Crippen molar-refractivity contribution in [1.29, 1.82) is 0 Å². The van der Waals surface area contributed by atoms with Crippen molar-refractivity contribution in [3.05, 3.63) is 88.7 Å². The number of aryl methyl sites for hydroxylation is 2. The maximum Gasteiger partial charge on any atom is 0.247 e. The van der Waals surface area contributed by atoms with Crippen molar-refractivity contribution in [2.45, 2.75) is 33.1 Å². The van der Waals surface area contributed by atoms with Gasteiger partial charge in [-0.05, 0) is 31.4 Å². The Labute approximate surface area is 143 Å². The molecule has 0 unspecified atom stereocenters. The number of hydrogen-bond acceptors (Lipinski definition) is 2. The number of hydrogen-bond donors (Lipinski definition) is 0. The number of carbonyl (C=O) groups is 1. The van der Waals surface area contributed by atoms with Crippen molar-refractivity contribution < 1.29 is 4.79 Å². The van der Waals surface area contributed by atoms with E-state index in [1.165, 1.54) is 11.1 Å². The third-order valence-electron chi connectivity index (χ3n) is 4.37. The van der Waals surface area contributed by atoms with E-state index in [9.17, 15) is 4.79 Å². The Hall–Kier alpha value is -2.68. The summed E-state index contributed by atoms with van der Waals surface area (Å²) in [5, 5.41) is 4.49. The molecule has 122 valence electrons. The number of nitrogens with zero attached hydrogens (tertiary/aromatic N) is 2. The smallest absolute Gasteiger partial charge is 0.247 e. The van der Waals surface area contributed by atoms with Gasteiger partial charge in [-0.1, -0.05) is 60.7 Å². The molecule has 0 saturated heterocycles. The summed E-state index contributed by atoms with van der Waals surface area (Å²) in [6, 6.07) is 20.4. The normalized spacial score (nSPS) is 10.8. The van der Waals surface area contributed by atoms with Gasteiger partial charge in [-0.15, -0.1) is 0 Å². The fourth-order valence-corrected chi connectivity index (χ4v) is 2.98. The molecular formula is C21H22N2O. The van der Waals surface area contributed by atoms with Crippen molar-refractivity contribution >= 4 is 5.91 Å². The summed E-state index contributed by atoms with van der Waals surface area (Å²) < 4.78 is 1.58. The molecule has 0 bridgehead atoms. The van der Waals surface area contributed by atoms with Gasteiger partial charge in [0.25, 0.3) is 0 Å². The fraction of sp³-hybridized carbons (Fsp3) is 0.238. The van der Waals surface area contributed by atoms with Gasteiger partial charge >= 0.3 is 0 Å². The highest BCUT2D eigenvalue weighted by Gasteiger charge is 2.16. The topological polar surface area (TPSA) is 34.9 Å². The predicted molar refractivity (Wildman–Crippen MR) is 96.3 cm³/mol. The van der Waals surface area contributed by atoms with E-state index in [-0.39, 0.29) is 5.91 Å². The minimum atomic E-state index is 0.0544. The maximum atomic E-state index is 12.6. The van der Waals surface area contributed by atoms with Gasteiger partial charge in [-0.3, -0.25) is 4.79 Å². The standard InChI is InChI=1S/C21H22N2O/c1-16-20(15-19-11-7-4-8-12-19)17(2)23(22-16)21(24)14-13-18-9-5-3-6-10-18/h3-12H,13-15H2,1-2H3. The van der Waals surface area contributed by atoms with E-state index >= 15 is 0 Å². The van der Waals surface area contributed by atoms with E-state index in [1.54, 1.807) is 4.68 Å². The van der Waals surface area contributed by atoms with E-state index in [0.717, 1.165) is 29.8 Å². The summed E-state index contributed by atoms with van der Waals surface area (Å²) in [4.78, 5) is 12.6. The molecule has 0 spiro atoms. The second kappa shape index (κ2) is 7.26. The Bertz CT molecular complexity index is 820. The average Bonchev–Trinajstić information content (AvgIpc) is 2.90. The minimum absolute atomic E-state index is 0.0544. The first-order valence-corrected chi connectivity index (χ1v) is 8.31. The summed E-state index contributed by atoms with van der Waals surface area (Å²) in [5.74, 6) is 0.0544. The molecule has 0 fully saturated rings. The highest BCUT2D eigenvalue weighted by Crippen LogP contribution is 2.18. The summed E-state index contributed by atoms with van der Waals surface area (Å²) in [6.45, 7) is 3.96. The first-order valence-electron chi connectivity index (χ1n) is 8.31. The molecule has 0 aliphatic heterocycles. The van der Waals surface area contributed by atoms with Gasteiger partial charge in [-0.25, -0.2) is 4.68 Å². The highest BCUT2D eigenvalue weighted by molar-refractivity contribution is 5.79. The van der Waals surface area contributed by atoms with Gasteiger partial charge in [-0.2, -0.15) is 5.10 Å². The number of benzene rings is 2. The molecule has 1 aromatic heterocycles. The van der Waals surface area contributed by atoms with Crippen LogP contribution in [0.1, 0.15) is 39.3 Å². The zero-order valence-electron chi connectivity index (χ0n) is 14.2. The Morgan fingerprint density at radius 2 is 1.50 bits per heavy atom. The lowest BCUT2D eigenvalue weighted by Gasteiger charge is -2.05. The van der Waals surface area contributed by atoms with Crippen LogP contribution in [-0.4, -0.2) is 15.7 Å². The van der Waals surface area contributed by atoms with Gasteiger partial charge in [0.1, 0.15) is 0 Å². The zero-order chi connectivity index (χ0) is 16.9. The van der Waals surface area contributed by atoms with Crippen molar-refractivity contribution in [2.24, 2.45) is 0 Å². The SMILES string of the molecule is Cc1nn(C(=O)CCc2ccccc2)c(C)c1Cc1ccccc1. The number of aromatic nitrogens is 2. The predicted octanol–water partition coefficient (Wildman–Crippen LogP) is 4.36. The van der Waals surface area contributed by atoms with Crippen LogP contribution in [0.5, 0.6) is 0 Å². The zero-order valence-corrected chi connectivity index (χ0v) is 14.2. The quantitative estimate of drug-likeness (QED) is 0.700. The first-order chi connectivity index (χ1) is 11.6. The molecule has 0 saturated carbocycles. The van der Waals surface area contributed by atoms with Crippen molar-refractivity contribution in [1.82, 2.24) is 9.78 Å². The van der Waals surface area contributed by atoms with Crippen molar-refractivity contribution in [2.75, 3.05) is 0 Å². The molecule has 24 heavy (non-hydrogen) atoms. The Morgan fingerprint density at radius 3 is 2.12 bits per heavy atom. The number of carbonyl (C=O) groups excluding carboxylic acids is 1. The van der Waals surface area contributed by atoms with E-state index in [2.05, 4.69) is 29.4 Å². The second-order valence-electron chi connectivity index (χ2n) is 6.10. The van der Waals surface area contributed by atoms with Crippen LogP contribution in [0.2, 0.25) is 0 Å². The summed E-state index contributed by atoms with van der Waals surface area (Å²) in [7, 11) is 0. The molecule has 0 N–H and O–H groups in total. The first kappa shape index (κ1) is 16.2. The van der Waals surface area contributed by atoms with Gasteiger partial charge in [0.05, 0.1) is 5.69 Å². The van der Waals surface area contributed by atoms with Gasteiger partial charge in [0.15, 0.2) is 0 Å². The van der Waals surface area contributed by atoms with Crippen molar-refractivity contribution in [3.8, 4) is 0 Å². The third kappa shape index (κ3) is 3.62. The molecule has 0 amide bonds. The lowest BCUT2D eigenvalue weighted by molar-refractivity contribution is 0.0884. The summed E-state index contributed by atoms with van der Waals surface area (Å²) >= 11 is 0. The third-order valence-corrected chi connectivity index (χ3v) is 4.37. The Morgan fingerprint density at radius 1 is 0.917 bits per heavy atom. The summed E-state index contributed by atoms with van der Waals surface area (Å²) in [6.07, 6.45) is 2.02. The molecule has 3 nitrogen and oxygen atoms in total. The monoisotopic (exact) mass is 318 g/mol. The highest BCUT2D eigenvalue weighted by atomic mass is 16.2. The lowest BCUT2D eigenvalue weighted by Crippen LogP contribution is -2.15. The van der Waals surface area contributed by atoms with Crippen LogP contribution >= 0.6 is 0 Å². The van der Waals surface area contributed by atoms with Crippen LogP contribution < -0.4 is 0 Å². The van der Waals surface area contributed by atoms with Crippen molar-refractivity contribution in [3.63, 3.8) is 0 Å². The Balaban J connectivity index is 1.74. The van der Waals surface area contributed by atoms with Gasteiger partial charge < -0.3 is 0 Å². The molecule has 0 radical (unpaired) electrons. The van der Waals surface area contributed by atoms with E-state index < -0.39 is 0 Å². The van der Waals surface area contributed by atoms with E-state index in [0.29, 0.717) is 6.42 Å². The molecule has 3 aromatic rings. The lowest BCUT2D eigenvalue weighted by atomic mass is 10.0. The molecule has 1 heterocycles. The Kier molecular flexibility index (Phi) is 4.90. The molecule has 3 rings (SSSR count). The van der Waals surface area contributed by atoms with E-state index in [4.69, 9.17) is 0 Å². The van der Waals surface area contributed by atoms with Crippen LogP contribution in [0, 0.1) is 13.8 Å². The fourth-order valence-electron chi connectivity index (χ4n) is 2.98. The summed E-state index contributed by atoms with van der Waals surface area (Å²) in [5.41, 5.74) is 5.45. The molecule has 3 heteroatoms. The number of rotatable bonds is 5. The molecular weight excluding hydrogens is 296 g/mol. The average molecular weight is 318 g/mol. The molecule has 0 atom stereocenters. The minimum Gasteiger partial charge on any atom is -0.273 e. The van der Waals surface area contributed by atoms with Crippen LogP contribution in [0.25, 0.3) is 0 Å². The molecule has 0 aliphatic rings.